The number of nitrogens with zero attached hydrogens (tertiary/aromatic N) is 2. The van der Waals surface area contributed by atoms with Gasteiger partial charge in [-0.15, -0.1) is 0 Å². The zero-order valence-electron chi connectivity index (χ0n) is 12.4. The van der Waals surface area contributed by atoms with Gasteiger partial charge in [-0.05, 0) is 37.5 Å². The molecule has 0 unspecified atom stereocenters. The minimum Gasteiger partial charge on any atom is -0.361 e. The van der Waals surface area contributed by atoms with Gasteiger partial charge in [-0.1, -0.05) is 17.3 Å². The van der Waals surface area contributed by atoms with Gasteiger partial charge < -0.3 is 14.7 Å². The van der Waals surface area contributed by atoms with Crippen LogP contribution in [0.4, 0.5) is 9.18 Å². The number of urea groups is 1. The molecule has 1 aliphatic heterocycles. The van der Waals surface area contributed by atoms with Gasteiger partial charge in [0.25, 0.3) is 0 Å². The van der Waals surface area contributed by atoms with Crippen molar-refractivity contribution in [3.8, 4) is 0 Å². The van der Waals surface area contributed by atoms with Crippen LogP contribution >= 0.6 is 0 Å². The first-order valence-corrected chi connectivity index (χ1v) is 7.35. The molecule has 2 aromatic rings. The lowest BCUT2D eigenvalue weighted by atomic mass is 10.1. The van der Waals surface area contributed by atoms with Gasteiger partial charge >= 0.3 is 6.03 Å². The van der Waals surface area contributed by atoms with Gasteiger partial charge in [0, 0.05) is 19.2 Å². The lowest BCUT2D eigenvalue weighted by Crippen LogP contribution is -2.39. The van der Waals surface area contributed by atoms with E-state index in [1.807, 2.05) is 13.0 Å². The molecule has 2 heterocycles. The lowest BCUT2D eigenvalue weighted by molar-refractivity contribution is 0.190. The van der Waals surface area contributed by atoms with Gasteiger partial charge in [-0.2, -0.15) is 0 Å². The molecular weight excluding hydrogens is 285 g/mol. The molecule has 22 heavy (non-hydrogen) atoms. The summed E-state index contributed by atoms with van der Waals surface area (Å²) in [7, 11) is 0. The Hall–Kier alpha value is -2.37. The van der Waals surface area contributed by atoms with Crippen LogP contribution in [-0.2, 0) is 6.54 Å². The smallest absolute Gasteiger partial charge is 0.318 e. The number of benzene rings is 1. The van der Waals surface area contributed by atoms with Crippen LogP contribution in [0.3, 0.4) is 0 Å². The number of carbonyl (C=O) groups is 1. The summed E-state index contributed by atoms with van der Waals surface area (Å²) in [4.78, 5) is 14.1. The second-order valence-corrected chi connectivity index (χ2v) is 5.50. The summed E-state index contributed by atoms with van der Waals surface area (Å²) in [5.41, 5.74) is 1.66. The minimum absolute atomic E-state index is 0.0364. The third-order valence-electron chi connectivity index (χ3n) is 3.86. The minimum atomic E-state index is -0.281. The highest BCUT2D eigenvalue weighted by atomic mass is 19.1. The molecule has 1 aromatic heterocycles. The quantitative estimate of drug-likeness (QED) is 0.947. The van der Waals surface area contributed by atoms with E-state index in [1.54, 1.807) is 17.0 Å². The third kappa shape index (κ3) is 3.10. The highest BCUT2D eigenvalue weighted by molar-refractivity contribution is 5.75. The van der Waals surface area contributed by atoms with Crippen molar-refractivity contribution in [3.05, 3.63) is 53.2 Å². The number of hydrogen-bond acceptors (Lipinski definition) is 3. The summed E-state index contributed by atoms with van der Waals surface area (Å²) in [5.74, 6) is 0.463. The van der Waals surface area contributed by atoms with Gasteiger partial charge in [0.15, 0.2) is 0 Å². The van der Waals surface area contributed by atoms with Crippen molar-refractivity contribution >= 4 is 6.03 Å². The summed E-state index contributed by atoms with van der Waals surface area (Å²) in [6.07, 6.45) is 1.83. The number of aromatic nitrogens is 1. The maximum absolute atomic E-state index is 12.9. The van der Waals surface area contributed by atoms with E-state index in [-0.39, 0.29) is 17.9 Å². The Labute approximate surface area is 128 Å². The Morgan fingerprint density at radius 1 is 1.45 bits per heavy atom. The summed E-state index contributed by atoms with van der Waals surface area (Å²) in [6, 6.07) is 7.81. The zero-order chi connectivity index (χ0) is 15.5. The van der Waals surface area contributed by atoms with Crippen LogP contribution in [0.5, 0.6) is 0 Å². The predicted molar refractivity (Wildman–Crippen MR) is 78.6 cm³/mol. The Morgan fingerprint density at radius 2 is 2.23 bits per heavy atom. The van der Waals surface area contributed by atoms with E-state index in [4.69, 9.17) is 4.52 Å². The van der Waals surface area contributed by atoms with Crippen LogP contribution in [0.25, 0.3) is 0 Å². The molecule has 3 rings (SSSR count). The summed E-state index contributed by atoms with van der Waals surface area (Å²) in [6.45, 7) is 2.91. The molecule has 0 radical (unpaired) electrons. The van der Waals surface area contributed by atoms with Crippen LogP contribution in [0.1, 0.15) is 35.9 Å². The van der Waals surface area contributed by atoms with E-state index >= 15 is 0 Å². The number of amides is 2. The van der Waals surface area contributed by atoms with Crippen molar-refractivity contribution in [1.82, 2.24) is 15.4 Å². The maximum Gasteiger partial charge on any atom is 0.318 e. The molecule has 116 valence electrons. The van der Waals surface area contributed by atoms with Crippen molar-refractivity contribution in [2.45, 2.75) is 32.4 Å². The first-order chi connectivity index (χ1) is 10.6. The van der Waals surface area contributed by atoms with E-state index in [9.17, 15) is 9.18 Å². The van der Waals surface area contributed by atoms with E-state index in [0.717, 1.165) is 29.9 Å². The standard InChI is InChI=1S/C16H18FN3O2/c1-11-9-14(19-22-11)15-3-2-8-20(15)16(21)18-10-12-4-6-13(17)7-5-12/h4-7,9,15H,2-3,8,10H2,1H3,(H,18,21)/t15-/m1/s1. The highest BCUT2D eigenvalue weighted by Gasteiger charge is 2.31. The van der Waals surface area contributed by atoms with Gasteiger partial charge in [-0.3, -0.25) is 0 Å². The zero-order valence-corrected chi connectivity index (χ0v) is 12.4. The normalized spacial score (nSPS) is 17.7. The molecule has 1 aromatic carbocycles. The van der Waals surface area contributed by atoms with Gasteiger partial charge in [0.2, 0.25) is 0 Å². The first-order valence-electron chi connectivity index (χ1n) is 7.35. The largest absolute Gasteiger partial charge is 0.361 e. The van der Waals surface area contributed by atoms with Crippen molar-refractivity contribution in [2.75, 3.05) is 6.54 Å². The molecule has 1 atom stereocenters. The van der Waals surface area contributed by atoms with Crippen LogP contribution in [-0.4, -0.2) is 22.6 Å². The molecule has 1 saturated heterocycles. The number of aryl methyl sites for hydroxylation is 1. The van der Waals surface area contributed by atoms with Crippen LogP contribution in [0.2, 0.25) is 0 Å². The van der Waals surface area contributed by atoms with Crippen LogP contribution in [0.15, 0.2) is 34.9 Å². The molecule has 0 spiro atoms. The van der Waals surface area contributed by atoms with E-state index < -0.39 is 0 Å². The Bertz CT molecular complexity index is 654. The molecule has 0 bridgehead atoms. The van der Waals surface area contributed by atoms with E-state index in [1.165, 1.54) is 12.1 Å². The number of halogens is 1. The van der Waals surface area contributed by atoms with Gasteiger partial charge in [0.05, 0.1) is 6.04 Å². The van der Waals surface area contributed by atoms with Crippen molar-refractivity contribution in [3.63, 3.8) is 0 Å². The number of rotatable bonds is 3. The number of carbonyl (C=O) groups excluding carboxylic acids is 1. The van der Waals surface area contributed by atoms with Crippen molar-refractivity contribution in [1.29, 1.82) is 0 Å². The van der Waals surface area contributed by atoms with Crippen molar-refractivity contribution < 1.29 is 13.7 Å². The van der Waals surface area contributed by atoms with E-state index in [2.05, 4.69) is 10.5 Å². The molecule has 1 N–H and O–H groups in total. The molecular formula is C16H18FN3O2. The topological polar surface area (TPSA) is 58.4 Å². The molecule has 6 heteroatoms. The second kappa shape index (κ2) is 6.17. The molecule has 5 nitrogen and oxygen atoms in total. The number of likely N-dealkylation sites (tertiary alicyclic amines) is 1. The van der Waals surface area contributed by atoms with Crippen LogP contribution < -0.4 is 5.32 Å². The average molecular weight is 303 g/mol. The van der Waals surface area contributed by atoms with E-state index in [0.29, 0.717) is 13.1 Å². The molecule has 1 fully saturated rings. The Balaban J connectivity index is 1.62. The highest BCUT2D eigenvalue weighted by Crippen LogP contribution is 2.31. The maximum atomic E-state index is 12.9. The predicted octanol–water partition coefficient (Wildman–Crippen LogP) is 3.17. The number of nitrogens with one attached hydrogen (secondary N) is 1. The average Bonchev–Trinajstić information content (AvgIpc) is 3.14. The fourth-order valence-corrected chi connectivity index (χ4v) is 2.74. The molecule has 1 aliphatic rings. The molecule has 2 amide bonds. The summed E-state index contributed by atoms with van der Waals surface area (Å²) in [5, 5.41) is 6.89. The lowest BCUT2D eigenvalue weighted by Gasteiger charge is -2.23. The van der Waals surface area contributed by atoms with Gasteiger partial charge in [-0.25, -0.2) is 9.18 Å². The fraction of sp³-hybridized carbons (Fsp3) is 0.375. The second-order valence-electron chi connectivity index (χ2n) is 5.50. The molecule has 0 saturated carbocycles. The Morgan fingerprint density at radius 3 is 2.91 bits per heavy atom. The SMILES string of the molecule is Cc1cc([C@H]2CCCN2C(=O)NCc2ccc(F)cc2)no1. The third-order valence-corrected chi connectivity index (χ3v) is 3.86. The van der Waals surface area contributed by atoms with Crippen LogP contribution in [0, 0.1) is 12.7 Å². The first kappa shape index (κ1) is 14.6. The summed E-state index contributed by atoms with van der Waals surface area (Å²) >= 11 is 0. The molecule has 0 aliphatic carbocycles. The number of hydrogen-bond donors (Lipinski definition) is 1. The summed E-state index contributed by atoms with van der Waals surface area (Å²) < 4.78 is 18.0. The fourth-order valence-electron chi connectivity index (χ4n) is 2.74. The van der Waals surface area contributed by atoms with Crippen molar-refractivity contribution in [2.24, 2.45) is 0 Å². The Kier molecular flexibility index (Phi) is 4.09. The van der Waals surface area contributed by atoms with Gasteiger partial charge in [0.1, 0.15) is 17.3 Å². The monoisotopic (exact) mass is 303 g/mol.